The van der Waals surface area contributed by atoms with Gasteiger partial charge >= 0.3 is 0 Å². The van der Waals surface area contributed by atoms with Crippen molar-refractivity contribution in [3.05, 3.63) is 0 Å². The summed E-state index contributed by atoms with van der Waals surface area (Å²) < 4.78 is 5.54. The highest BCUT2D eigenvalue weighted by Crippen LogP contribution is 2.19. The number of hydrogen-bond acceptors (Lipinski definition) is 3. The van der Waals surface area contributed by atoms with Gasteiger partial charge in [0.05, 0.1) is 6.10 Å². The number of hydrogen-bond donors (Lipinski definition) is 1. The van der Waals surface area contributed by atoms with Crippen LogP contribution in [0.15, 0.2) is 0 Å². The quantitative estimate of drug-likeness (QED) is 0.692. The topological polar surface area (TPSA) is 24.5 Å². The van der Waals surface area contributed by atoms with Crippen molar-refractivity contribution in [1.82, 2.24) is 10.2 Å². The molecule has 1 N–H and O–H groups in total. The maximum absolute atomic E-state index is 5.54. The molecule has 0 saturated carbocycles. The van der Waals surface area contributed by atoms with Crippen LogP contribution in [0.3, 0.4) is 0 Å². The smallest absolute Gasteiger partial charge is 0.0518 e. The zero-order valence-electron chi connectivity index (χ0n) is 12.0. The van der Waals surface area contributed by atoms with Crippen molar-refractivity contribution in [2.24, 2.45) is 5.92 Å². The maximum Gasteiger partial charge on any atom is 0.0518 e. The molecule has 0 aromatic heterocycles. The van der Waals surface area contributed by atoms with E-state index in [1.165, 1.54) is 25.9 Å². The van der Waals surface area contributed by atoms with Gasteiger partial charge in [-0.3, -0.25) is 0 Å². The molecular formula is C14H30N2O. The van der Waals surface area contributed by atoms with E-state index in [4.69, 9.17) is 4.74 Å². The summed E-state index contributed by atoms with van der Waals surface area (Å²) in [5.74, 6) is 0.859. The first-order valence-corrected chi connectivity index (χ1v) is 7.13. The van der Waals surface area contributed by atoms with Crippen LogP contribution < -0.4 is 5.32 Å². The average Bonchev–Trinajstić information content (AvgIpc) is 2.29. The molecule has 0 radical (unpaired) electrons. The summed E-state index contributed by atoms with van der Waals surface area (Å²) >= 11 is 0. The second kappa shape index (κ2) is 8.06. The third-order valence-electron chi connectivity index (χ3n) is 3.71. The Morgan fingerprint density at radius 2 is 1.88 bits per heavy atom. The second-order valence-electron chi connectivity index (χ2n) is 5.66. The normalized spacial score (nSPS) is 21.0. The van der Waals surface area contributed by atoms with Crippen molar-refractivity contribution in [2.75, 3.05) is 33.3 Å². The molecule has 1 rings (SSSR count). The Hall–Kier alpha value is -0.120. The molecule has 1 saturated heterocycles. The lowest BCUT2D eigenvalue weighted by Crippen LogP contribution is -2.41. The van der Waals surface area contributed by atoms with E-state index in [0.717, 1.165) is 25.5 Å². The molecule has 0 aliphatic carbocycles. The van der Waals surface area contributed by atoms with E-state index in [1.807, 2.05) is 0 Å². The van der Waals surface area contributed by atoms with Gasteiger partial charge in [-0.05, 0) is 72.6 Å². The van der Waals surface area contributed by atoms with Crippen molar-refractivity contribution < 1.29 is 4.74 Å². The molecule has 3 nitrogen and oxygen atoms in total. The number of likely N-dealkylation sites (tertiary alicyclic amines) is 1. The number of ether oxygens (including phenoxy) is 1. The Morgan fingerprint density at radius 1 is 1.24 bits per heavy atom. The van der Waals surface area contributed by atoms with Crippen molar-refractivity contribution >= 4 is 0 Å². The molecule has 3 heteroatoms. The first kappa shape index (κ1) is 14.9. The van der Waals surface area contributed by atoms with Gasteiger partial charge in [0.2, 0.25) is 0 Å². The first-order valence-electron chi connectivity index (χ1n) is 7.13. The van der Waals surface area contributed by atoms with Crippen LogP contribution in [-0.4, -0.2) is 50.3 Å². The van der Waals surface area contributed by atoms with Gasteiger partial charge < -0.3 is 15.0 Å². The van der Waals surface area contributed by atoms with E-state index < -0.39 is 0 Å². The number of nitrogens with zero attached hydrogens (tertiary/aromatic N) is 1. The highest BCUT2D eigenvalue weighted by atomic mass is 16.5. The van der Waals surface area contributed by atoms with Crippen LogP contribution in [0, 0.1) is 5.92 Å². The molecule has 1 fully saturated rings. The van der Waals surface area contributed by atoms with E-state index in [9.17, 15) is 0 Å². The molecular weight excluding hydrogens is 212 g/mol. The summed E-state index contributed by atoms with van der Waals surface area (Å²) in [5.41, 5.74) is 0. The van der Waals surface area contributed by atoms with Gasteiger partial charge in [0.25, 0.3) is 0 Å². The van der Waals surface area contributed by atoms with Crippen LogP contribution in [0.25, 0.3) is 0 Å². The van der Waals surface area contributed by atoms with Crippen LogP contribution in [-0.2, 0) is 4.74 Å². The van der Waals surface area contributed by atoms with Gasteiger partial charge in [0.1, 0.15) is 0 Å². The lowest BCUT2D eigenvalue weighted by molar-refractivity contribution is 0.0761. The molecule has 102 valence electrons. The number of piperidine rings is 1. The van der Waals surface area contributed by atoms with Crippen LogP contribution >= 0.6 is 0 Å². The van der Waals surface area contributed by atoms with E-state index in [-0.39, 0.29) is 0 Å². The van der Waals surface area contributed by atoms with Crippen LogP contribution in [0.2, 0.25) is 0 Å². The van der Waals surface area contributed by atoms with Gasteiger partial charge in [-0.1, -0.05) is 0 Å². The minimum absolute atomic E-state index is 0.362. The molecule has 1 aliphatic heterocycles. The van der Waals surface area contributed by atoms with E-state index >= 15 is 0 Å². The summed E-state index contributed by atoms with van der Waals surface area (Å²) in [6.07, 6.45) is 4.16. The summed E-state index contributed by atoms with van der Waals surface area (Å²) in [5, 5.41) is 3.64. The van der Waals surface area contributed by atoms with Crippen LogP contribution in [0.5, 0.6) is 0 Å². The standard InChI is InChI=1S/C14H30N2O/c1-12(2)17-11-5-8-15-13(3)14-6-9-16(4)10-7-14/h12-15H,5-11H2,1-4H3. The fourth-order valence-corrected chi connectivity index (χ4v) is 2.42. The van der Waals surface area contributed by atoms with Gasteiger partial charge in [0, 0.05) is 12.6 Å². The Bertz CT molecular complexity index is 189. The van der Waals surface area contributed by atoms with Crippen molar-refractivity contribution in [3.8, 4) is 0 Å². The molecule has 1 unspecified atom stereocenters. The summed E-state index contributed by atoms with van der Waals surface area (Å²) in [6.45, 7) is 11.0. The van der Waals surface area contributed by atoms with Crippen molar-refractivity contribution in [3.63, 3.8) is 0 Å². The minimum Gasteiger partial charge on any atom is -0.379 e. The Labute approximate surface area is 107 Å². The first-order chi connectivity index (χ1) is 8.09. The van der Waals surface area contributed by atoms with Gasteiger partial charge in [-0.2, -0.15) is 0 Å². The van der Waals surface area contributed by atoms with E-state index in [1.54, 1.807) is 0 Å². The minimum atomic E-state index is 0.362. The summed E-state index contributed by atoms with van der Waals surface area (Å²) in [6, 6.07) is 0.655. The predicted molar refractivity (Wildman–Crippen MR) is 73.4 cm³/mol. The highest BCUT2D eigenvalue weighted by molar-refractivity contribution is 4.78. The van der Waals surface area contributed by atoms with Crippen LogP contribution in [0.4, 0.5) is 0 Å². The van der Waals surface area contributed by atoms with Crippen molar-refractivity contribution in [1.29, 1.82) is 0 Å². The summed E-state index contributed by atoms with van der Waals surface area (Å²) in [4.78, 5) is 2.43. The van der Waals surface area contributed by atoms with E-state index in [2.05, 4.69) is 38.0 Å². The predicted octanol–water partition coefficient (Wildman–Crippen LogP) is 2.12. The molecule has 0 aromatic carbocycles. The second-order valence-corrected chi connectivity index (χ2v) is 5.66. The molecule has 1 aliphatic rings. The van der Waals surface area contributed by atoms with Crippen LogP contribution in [0.1, 0.15) is 40.0 Å². The monoisotopic (exact) mass is 242 g/mol. The third kappa shape index (κ3) is 6.39. The Kier molecular flexibility index (Phi) is 7.09. The molecule has 0 aromatic rings. The lowest BCUT2D eigenvalue weighted by atomic mass is 9.90. The van der Waals surface area contributed by atoms with Crippen molar-refractivity contribution in [2.45, 2.75) is 52.2 Å². The summed E-state index contributed by atoms with van der Waals surface area (Å²) in [7, 11) is 2.22. The molecule has 17 heavy (non-hydrogen) atoms. The lowest BCUT2D eigenvalue weighted by Gasteiger charge is -2.33. The number of nitrogens with one attached hydrogen (secondary N) is 1. The molecule has 0 spiro atoms. The fraction of sp³-hybridized carbons (Fsp3) is 1.00. The van der Waals surface area contributed by atoms with Gasteiger partial charge in [-0.15, -0.1) is 0 Å². The third-order valence-corrected chi connectivity index (χ3v) is 3.71. The highest BCUT2D eigenvalue weighted by Gasteiger charge is 2.21. The number of rotatable bonds is 7. The Balaban J connectivity index is 2.02. The maximum atomic E-state index is 5.54. The van der Waals surface area contributed by atoms with Gasteiger partial charge in [0.15, 0.2) is 0 Å². The largest absolute Gasteiger partial charge is 0.379 e. The SMILES string of the molecule is CC(C)OCCCNC(C)C1CCN(C)CC1. The molecule has 0 bridgehead atoms. The fourth-order valence-electron chi connectivity index (χ4n) is 2.42. The average molecular weight is 242 g/mol. The zero-order chi connectivity index (χ0) is 12.7. The van der Waals surface area contributed by atoms with Gasteiger partial charge in [-0.25, -0.2) is 0 Å². The molecule has 1 heterocycles. The molecule has 1 atom stereocenters. The Morgan fingerprint density at radius 3 is 2.47 bits per heavy atom. The molecule has 0 amide bonds. The zero-order valence-corrected chi connectivity index (χ0v) is 12.0. The van der Waals surface area contributed by atoms with E-state index in [0.29, 0.717) is 12.1 Å².